The number of ether oxygens (including phenoxy) is 2. The SMILES string of the molecule is CC(C)Oc1cccc(CCCNC(=O)COc2ccc(Br)cc2Cl)c1. The molecule has 0 fully saturated rings. The van der Waals surface area contributed by atoms with Crippen LogP contribution in [0.25, 0.3) is 0 Å². The number of benzene rings is 2. The van der Waals surface area contributed by atoms with Crippen molar-refractivity contribution in [2.24, 2.45) is 0 Å². The highest BCUT2D eigenvalue weighted by Gasteiger charge is 2.06. The summed E-state index contributed by atoms with van der Waals surface area (Å²) in [6.45, 7) is 4.54. The number of aryl methyl sites for hydroxylation is 1. The molecule has 2 aromatic rings. The lowest BCUT2D eigenvalue weighted by molar-refractivity contribution is -0.123. The summed E-state index contributed by atoms with van der Waals surface area (Å²) in [6, 6.07) is 13.3. The van der Waals surface area contributed by atoms with Crippen molar-refractivity contribution in [2.45, 2.75) is 32.8 Å². The Balaban J connectivity index is 1.68. The van der Waals surface area contributed by atoms with Crippen molar-refractivity contribution in [3.05, 3.63) is 57.5 Å². The van der Waals surface area contributed by atoms with Crippen LogP contribution in [0.4, 0.5) is 0 Å². The van der Waals surface area contributed by atoms with Crippen LogP contribution in [-0.4, -0.2) is 25.2 Å². The van der Waals surface area contributed by atoms with Crippen LogP contribution in [0.15, 0.2) is 46.9 Å². The Labute approximate surface area is 168 Å². The molecule has 1 amide bonds. The molecule has 2 aromatic carbocycles. The molecule has 0 aromatic heterocycles. The van der Waals surface area contributed by atoms with E-state index < -0.39 is 0 Å². The van der Waals surface area contributed by atoms with E-state index in [2.05, 4.69) is 27.3 Å². The van der Waals surface area contributed by atoms with Gasteiger partial charge in [-0.25, -0.2) is 0 Å². The first kappa shape index (κ1) is 20.6. The number of hydrogen-bond acceptors (Lipinski definition) is 3. The zero-order valence-electron chi connectivity index (χ0n) is 14.9. The second kappa shape index (κ2) is 10.4. The zero-order chi connectivity index (χ0) is 18.9. The predicted octanol–water partition coefficient (Wildman–Crippen LogP) is 5.02. The second-order valence-electron chi connectivity index (χ2n) is 6.13. The van der Waals surface area contributed by atoms with Gasteiger partial charge in [0.2, 0.25) is 0 Å². The predicted molar refractivity (Wildman–Crippen MR) is 108 cm³/mol. The van der Waals surface area contributed by atoms with Gasteiger partial charge in [0.25, 0.3) is 5.91 Å². The standard InChI is InChI=1S/C20H23BrClNO3/c1-14(2)26-17-7-3-5-15(11-17)6-4-10-23-20(24)13-25-19-9-8-16(21)12-18(19)22/h3,5,7-9,11-12,14H,4,6,10,13H2,1-2H3,(H,23,24). The highest BCUT2D eigenvalue weighted by molar-refractivity contribution is 9.10. The van der Waals surface area contributed by atoms with Gasteiger partial charge in [0.15, 0.2) is 6.61 Å². The molecule has 0 bridgehead atoms. The van der Waals surface area contributed by atoms with Crippen molar-refractivity contribution in [1.29, 1.82) is 0 Å². The van der Waals surface area contributed by atoms with E-state index in [-0.39, 0.29) is 18.6 Å². The normalized spacial score (nSPS) is 10.7. The molecule has 140 valence electrons. The number of carbonyl (C=O) groups is 1. The van der Waals surface area contributed by atoms with Crippen molar-refractivity contribution in [3.63, 3.8) is 0 Å². The summed E-state index contributed by atoms with van der Waals surface area (Å²) in [5, 5.41) is 3.32. The molecule has 0 aliphatic carbocycles. The minimum absolute atomic E-state index is 0.0565. The molecule has 0 radical (unpaired) electrons. The van der Waals surface area contributed by atoms with Crippen molar-refractivity contribution in [1.82, 2.24) is 5.32 Å². The van der Waals surface area contributed by atoms with Crippen LogP contribution >= 0.6 is 27.5 Å². The summed E-state index contributed by atoms with van der Waals surface area (Å²) in [7, 11) is 0. The maximum absolute atomic E-state index is 11.9. The van der Waals surface area contributed by atoms with Gasteiger partial charge in [0.1, 0.15) is 11.5 Å². The monoisotopic (exact) mass is 439 g/mol. The summed E-state index contributed by atoms with van der Waals surface area (Å²) in [6.07, 6.45) is 1.87. The summed E-state index contributed by atoms with van der Waals surface area (Å²) in [4.78, 5) is 11.9. The first-order chi connectivity index (χ1) is 12.4. The number of hydrogen-bond donors (Lipinski definition) is 1. The van der Waals surface area contributed by atoms with E-state index in [4.69, 9.17) is 21.1 Å². The summed E-state index contributed by atoms with van der Waals surface area (Å²) in [5.74, 6) is 1.20. The van der Waals surface area contributed by atoms with Crippen molar-refractivity contribution in [2.75, 3.05) is 13.2 Å². The molecular formula is C20H23BrClNO3. The van der Waals surface area contributed by atoms with Crippen LogP contribution < -0.4 is 14.8 Å². The van der Waals surface area contributed by atoms with Gasteiger partial charge in [-0.2, -0.15) is 0 Å². The van der Waals surface area contributed by atoms with E-state index in [1.807, 2.05) is 38.1 Å². The number of nitrogens with one attached hydrogen (secondary N) is 1. The van der Waals surface area contributed by atoms with Crippen LogP contribution in [0.3, 0.4) is 0 Å². The third kappa shape index (κ3) is 7.26. The van der Waals surface area contributed by atoms with Gasteiger partial charge in [0, 0.05) is 11.0 Å². The molecule has 26 heavy (non-hydrogen) atoms. The van der Waals surface area contributed by atoms with Gasteiger partial charge in [-0.15, -0.1) is 0 Å². The molecule has 0 aliphatic rings. The molecule has 0 saturated heterocycles. The van der Waals surface area contributed by atoms with Crippen molar-refractivity contribution < 1.29 is 14.3 Å². The molecule has 6 heteroatoms. The van der Waals surface area contributed by atoms with Crippen molar-refractivity contribution in [3.8, 4) is 11.5 Å². The van der Waals surface area contributed by atoms with Crippen LogP contribution in [0, 0.1) is 0 Å². The zero-order valence-corrected chi connectivity index (χ0v) is 17.3. The van der Waals surface area contributed by atoms with E-state index >= 15 is 0 Å². The summed E-state index contributed by atoms with van der Waals surface area (Å²) >= 11 is 9.38. The number of rotatable bonds is 9. The maximum Gasteiger partial charge on any atom is 0.257 e. The highest BCUT2D eigenvalue weighted by atomic mass is 79.9. The van der Waals surface area contributed by atoms with Gasteiger partial charge >= 0.3 is 0 Å². The van der Waals surface area contributed by atoms with Gasteiger partial charge in [-0.3, -0.25) is 4.79 Å². The maximum atomic E-state index is 11.9. The number of halogens is 2. The molecule has 0 heterocycles. The first-order valence-corrected chi connectivity index (χ1v) is 9.71. The average Bonchev–Trinajstić information content (AvgIpc) is 2.58. The highest BCUT2D eigenvalue weighted by Crippen LogP contribution is 2.27. The van der Waals surface area contributed by atoms with E-state index in [0.29, 0.717) is 17.3 Å². The van der Waals surface area contributed by atoms with E-state index in [9.17, 15) is 4.79 Å². The minimum atomic E-state index is -0.166. The second-order valence-corrected chi connectivity index (χ2v) is 7.45. The fraction of sp³-hybridized carbons (Fsp3) is 0.350. The lowest BCUT2D eigenvalue weighted by Crippen LogP contribution is -2.29. The molecule has 0 aliphatic heterocycles. The smallest absolute Gasteiger partial charge is 0.257 e. The molecule has 0 saturated carbocycles. The molecule has 0 spiro atoms. The van der Waals surface area contributed by atoms with Gasteiger partial charge in [0.05, 0.1) is 11.1 Å². The third-order valence-electron chi connectivity index (χ3n) is 3.49. The number of carbonyl (C=O) groups excluding carboxylic acids is 1. The number of amides is 1. The van der Waals surface area contributed by atoms with Crippen LogP contribution in [0.5, 0.6) is 11.5 Å². The fourth-order valence-electron chi connectivity index (χ4n) is 2.35. The van der Waals surface area contributed by atoms with Crippen LogP contribution in [-0.2, 0) is 11.2 Å². The summed E-state index contributed by atoms with van der Waals surface area (Å²) < 4.78 is 12.0. The Morgan fingerprint density at radius 2 is 2.04 bits per heavy atom. The van der Waals surface area contributed by atoms with Gasteiger partial charge in [-0.05, 0) is 62.6 Å². The van der Waals surface area contributed by atoms with Crippen LogP contribution in [0.2, 0.25) is 5.02 Å². The Bertz CT molecular complexity index is 737. The lowest BCUT2D eigenvalue weighted by atomic mass is 10.1. The van der Waals surface area contributed by atoms with Gasteiger partial charge < -0.3 is 14.8 Å². The molecule has 0 atom stereocenters. The van der Waals surface area contributed by atoms with Crippen LogP contribution in [0.1, 0.15) is 25.8 Å². The van der Waals surface area contributed by atoms with Crippen molar-refractivity contribution >= 4 is 33.4 Å². The largest absolute Gasteiger partial charge is 0.491 e. The molecule has 0 unspecified atom stereocenters. The van der Waals surface area contributed by atoms with E-state index in [1.165, 1.54) is 5.56 Å². The Morgan fingerprint density at radius 3 is 2.77 bits per heavy atom. The third-order valence-corrected chi connectivity index (χ3v) is 4.28. The molecule has 1 N–H and O–H groups in total. The molecule has 4 nitrogen and oxygen atoms in total. The molecule has 2 rings (SSSR count). The lowest BCUT2D eigenvalue weighted by Gasteiger charge is -2.11. The Morgan fingerprint density at radius 1 is 1.23 bits per heavy atom. The van der Waals surface area contributed by atoms with E-state index in [1.54, 1.807) is 12.1 Å². The topological polar surface area (TPSA) is 47.6 Å². The van der Waals surface area contributed by atoms with Gasteiger partial charge in [-0.1, -0.05) is 39.7 Å². The summed E-state index contributed by atoms with van der Waals surface area (Å²) in [5.41, 5.74) is 1.19. The minimum Gasteiger partial charge on any atom is -0.491 e. The average molecular weight is 441 g/mol. The Kier molecular flexibility index (Phi) is 8.26. The van der Waals surface area contributed by atoms with E-state index in [0.717, 1.165) is 23.1 Å². The molecular weight excluding hydrogens is 418 g/mol. The first-order valence-electron chi connectivity index (χ1n) is 8.54. The Hall–Kier alpha value is -1.72. The fourth-order valence-corrected chi connectivity index (χ4v) is 3.08. The quantitative estimate of drug-likeness (QED) is 0.557.